The topological polar surface area (TPSA) is 21.3 Å². The molecule has 3 rings (SSSR count). The van der Waals surface area contributed by atoms with Crippen LogP contribution in [0.2, 0.25) is 0 Å². The van der Waals surface area contributed by atoms with Crippen LogP contribution in [0, 0.1) is 0 Å². The third-order valence-electron chi connectivity index (χ3n) is 5.12. The Balaban J connectivity index is 1.38. The van der Waals surface area contributed by atoms with Crippen molar-refractivity contribution in [2.45, 2.75) is 76.0 Å². The molecule has 2 aliphatic rings. The molecule has 2 fully saturated rings. The fourth-order valence-corrected chi connectivity index (χ4v) is 3.54. The quantitative estimate of drug-likeness (QED) is 0.844. The van der Waals surface area contributed by atoms with Gasteiger partial charge in [0, 0.05) is 11.6 Å². The SMILES string of the molecule is CC(COC1CCC(c2ccccc2)CC1)NC1(C)CC1. The molecule has 0 bridgehead atoms. The Hall–Kier alpha value is -0.860. The third-order valence-corrected chi connectivity index (χ3v) is 5.12. The van der Waals surface area contributed by atoms with Gasteiger partial charge in [0.15, 0.2) is 0 Å². The smallest absolute Gasteiger partial charge is 0.0620 e. The van der Waals surface area contributed by atoms with Crippen LogP contribution in [0.25, 0.3) is 0 Å². The molecule has 0 radical (unpaired) electrons. The molecule has 1 atom stereocenters. The Bertz CT molecular complexity index is 432. The molecule has 2 heteroatoms. The van der Waals surface area contributed by atoms with Gasteiger partial charge < -0.3 is 10.1 Å². The van der Waals surface area contributed by atoms with Crippen LogP contribution in [0.1, 0.15) is 63.9 Å². The lowest BCUT2D eigenvalue weighted by Gasteiger charge is -2.30. The second-order valence-corrected chi connectivity index (χ2v) is 7.32. The van der Waals surface area contributed by atoms with Crippen LogP contribution >= 0.6 is 0 Å². The summed E-state index contributed by atoms with van der Waals surface area (Å²) in [6.45, 7) is 5.42. The summed E-state index contributed by atoms with van der Waals surface area (Å²) in [6.07, 6.45) is 8.08. The van der Waals surface area contributed by atoms with Crippen molar-refractivity contribution in [2.75, 3.05) is 6.61 Å². The average Bonchev–Trinajstić information content (AvgIpc) is 3.24. The number of hydrogen-bond acceptors (Lipinski definition) is 2. The van der Waals surface area contributed by atoms with Crippen molar-refractivity contribution in [1.29, 1.82) is 0 Å². The highest BCUT2D eigenvalue weighted by Crippen LogP contribution is 2.35. The van der Waals surface area contributed by atoms with Crippen molar-refractivity contribution in [3.8, 4) is 0 Å². The lowest BCUT2D eigenvalue weighted by Crippen LogP contribution is -2.40. The maximum absolute atomic E-state index is 6.14. The number of benzene rings is 1. The zero-order valence-corrected chi connectivity index (χ0v) is 13.5. The van der Waals surface area contributed by atoms with Crippen molar-refractivity contribution in [3.63, 3.8) is 0 Å². The Morgan fingerprint density at radius 1 is 1.14 bits per heavy atom. The molecule has 2 saturated carbocycles. The van der Waals surface area contributed by atoms with Gasteiger partial charge in [-0.2, -0.15) is 0 Å². The minimum absolute atomic E-state index is 0.410. The Morgan fingerprint density at radius 3 is 2.43 bits per heavy atom. The van der Waals surface area contributed by atoms with E-state index < -0.39 is 0 Å². The van der Waals surface area contributed by atoms with E-state index in [1.54, 1.807) is 0 Å². The van der Waals surface area contributed by atoms with Crippen LogP contribution < -0.4 is 5.32 Å². The molecule has 1 unspecified atom stereocenters. The molecule has 2 nitrogen and oxygen atoms in total. The summed E-state index contributed by atoms with van der Waals surface area (Å²) in [7, 11) is 0. The van der Waals surface area contributed by atoms with Crippen molar-refractivity contribution in [1.82, 2.24) is 5.32 Å². The van der Waals surface area contributed by atoms with Crippen molar-refractivity contribution < 1.29 is 4.74 Å². The second-order valence-electron chi connectivity index (χ2n) is 7.32. The lowest BCUT2D eigenvalue weighted by atomic mass is 9.83. The van der Waals surface area contributed by atoms with Crippen LogP contribution in [0.3, 0.4) is 0 Å². The molecule has 2 aliphatic carbocycles. The Morgan fingerprint density at radius 2 is 1.81 bits per heavy atom. The molecule has 116 valence electrons. The van der Waals surface area contributed by atoms with Gasteiger partial charge in [0.05, 0.1) is 12.7 Å². The van der Waals surface area contributed by atoms with Crippen LogP contribution in [0.4, 0.5) is 0 Å². The minimum atomic E-state index is 0.410. The zero-order chi connectivity index (χ0) is 14.7. The number of hydrogen-bond donors (Lipinski definition) is 1. The van der Waals surface area contributed by atoms with Crippen LogP contribution in [-0.4, -0.2) is 24.3 Å². The monoisotopic (exact) mass is 287 g/mol. The predicted octanol–water partition coefficient (Wildman–Crippen LogP) is 4.26. The molecular formula is C19H29NO. The van der Waals surface area contributed by atoms with E-state index in [4.69, 9.17) is 4.74 Å². The van der Waals surface area contributed by atoms with Gasteiger partial charge in [-0.15, -0.1) is 0 Å². The van der Waals surface area contributed by atoms with E-state index in [-0.39, 0.29) is 0 Å². The van der Waals surface area contributed by atoms with Gasteiger partial charge in [-0.25, -0.2) is 0 Å². The van der Waals surface area contributed by atoms with E-state index in [2.05, 4.69) is 49.5 Å². The van der Waals surface area contributed by atoms with Crippen LogP contribution in [0.5, 0.6) is 0 Å². The fourth-order valence-electron chi connectivity index (χ4n) is 3.54. The molecule has 1 aromatic rings. The van der Waals surface area contributed by atoms with Crippen molar-refractivity contribution >= 4 is 0 Å². The molecule has 0 spiro atoms. The summed E-state index contributed by atoms with van der Waals surface area (Å²) in [5, 5.41) is 3.68. The molecule has 0 saturated heterocycles. The highest BCUT2D eigenvalue weighted by atomic mass is 16.5. The molecule has 21 heavy (non-hydrogen) atoms. The maximum atomic E-state index is 6.14. The lowest BCUT2D eigenvalue weighted by molar-refractivity contribution is 0.0131. The van der Waals surface area contributed by atoms with E-state index in [1.807, 2.05) is 0 Å². The first kappa shape index (κ1) is 15.1. The maximum Gasteiger partial charge on any atom is 0.0620 e. The number of ether oxygens (including phenoxy) is 1. The van der Waals surface area contributed by atoms with Gasteiger partial charge in [-0.1, -0.05) is 30.3 Å². The summed E-state index contributed by atoms with van der Waals surface area (Å²) >= 11 is 0. The van der Waals surface area contributed by atoms with E-state index in [0.29, 0.717) is 17.7 Å². The van der Waals surface area contributed by atoms with E-state index >= 15 is 0 Å². The molecule has 0 aliphatic heterocycles. The van der Waals surface area contributed by atoms with E-state index in [1.165, 1.54) is 44.1 Å². The highest BCUT2D eigenvalue weighted by Gasteiger charge is 2.38. The van der Waals surface area contributed by atoms with Gasteiger partial charge >= 0.3 is 0 Å². The fraction of sp³-hybridized carbons (Fsp3) is 0.684. The zero-order valence-electron chi connectivity index (χ0n) is 13.5. The van der Waals surface area contributed by atoms with Crippen molar-refractivity contribution in [3.05, 3.63) is 35.9 Å². The summed E-state index contributed by atoms with van der Waals surface area (Å²) in [4.78, 5) is 0. The first-order valence-electron chi connectivity index (χ1n) is 8.59. The largest absolute Gasteiger partial charge is 0.377 e. The normalized spacial score (nSPS) is 29.0. The van der Waals surface area contributed by atoms with Crippen LogP contribution in [0.15, 0.2) is 30.3 Å². The molecule has 0 aromatic heterocycles. The standard InChI is InChI=1S/C19H29NO/c1-15(20-19(2)12-13-19)14-21-18-10-8-17(9-11-18)16-6-4-3-5-7-16/h3-7,15,17-18,20H,8-14H2,1-2H3. The molecule has 0 heterocycles. The molecule has 1 N–H and O–H groups in total. The average molecular weight is 287 g/mol. The second kappa shape index (κ2) is 6.50. The van der Waals surface area contributed by atoms with Gasteiger partial charge in [0.25, 0.3) is 0 Å². The highest BCUT2D eigenvalue weighted by molar-refractivity contribution is 5.19. The predicted molar refractivity (Wildman–Crippen MR) is 87.6 cm³/mol. The molecular weight excluding hydrogens is 258 g/mol. The minimum Gasteiger partial charge on any atom is -0.377 e. The van der Waals surface area contributed by atoms with E-state index in [9.17, 15) is 0 Å². The van der Waals surface area contributed by atoms with Crippen molar-refractivity contribution in [2.24, 2.45) is 0 Å². The van der Waals surface area contributed by atoms with Gasteiger partial charge in [0.2, 0.25) is 0 Å². The van der Waals surface area contributed by atoms with Crippen LogP contribution in [-0.2, 0) is 4.74 Å². The molecule has 0 amide bonds. The Labute approximate surface area is 129 Å². The van der Waals surface area contributed by atoms with Gasteiger partial charge in [-0.05, 0) is 63.9 Å². The Kier molecular flexibility index (Phi) is 4.66. The van der Waals surface area contributed by atoms with E-state index in [0.717, 1.165) is 12.5 Å². The third kappa shape index (κ3) is 4.31. The number of rotatable bonds is 6. The van der Waals surface area contributed by atoms with Gasteiger partial charge in [-0.3, -0.25) is 0 Å². The van der Waals surface area contributed by atoms with Gasteiger partial charge in [0.1, 0.15) is 0 Å². The summed E-state index contributed by atoms with van der Waals surface area (Å²) in [6, 6.07) is 11.4. The molecule has 1 aromatic carbocycles. The summed E-state index contributed by atoms with van der Waals surface area (Å²) < 4.78 is 6.14. The summed E-state index contributed by atoms with van der Waals surface area (Å²) in [5.74, 6) is 0.743. The first-order valence-corrected chi connectivity index (χ1v) is 8.59. The number of nitrogens with one attached hydrogen (secondary N) is 1. The summed E-state index contributed by atoms with van der Waals surface area (Å²) in [5.41, 5.74) is 1.92. The first-order chi connectivity index (χ1) is 10.1.